The molecule has 1 aromatic rings. The van der Waals surface area contributed by atoms with E-state index in [9.17, 15) is 14.4 Å². The molecule has 0 aromatic heterocycles. The van der Waals surface area contributed by atoms with Crippen molar-refractivity contribution in [3.63, 3.8) is 0 Å². The third-order valence-electron chi connectivity index (χ3n) is 3.54. The van der Waals surface area contributed by atoms with Gasteiger partial charge in [-0.1, -0.05) is 30.3 Å². The number of benzene rings is 1. The van der Waals surface area contributed by atoms with Crippen LogP contribution in [0.3, 0.4) is 0 Å². The van der Waals surface area contributed by atoms with Crippen LogP contribution in [0.2, 0.25) is 0 Å². The Bertz CT molecular complexity index is 548. The molecule has 126 valence electrons. The van der Waals surface area contributed by atoms with Crippen molar-refractivity contribution >= 4 is 17.6 Å². The van der Waals surface area contributed by atoms with Crippen molar-refractivity contribution < 1.29 is 19.5 Å². The molecule has 0 fully saturated rings. The normalized spacial score (nSPS) is 14.6. The topological polar surface area (TPSA) is 136 Å². The van der Waals surface area contributed by atoms with Gasteiger partial charge in [-0.15, -0.1) is 0 Å². The predicted octanol–water partition coefficient (Wildman–Crippen LogP) is -0.886. The summed E-state index contributed by atoms with van der Waals surface area (Å²) in [5, 5.41) is 11.5. The first kappa shape index (κ1) is 18.8. The van der Waals surface area contributed by atoms with Gasteiger partial charge in [-0.2, -0.15) is 0 Å². The van der Waals surface area contributed by atoms with E-state index in [0.717, 1.165) is 5.56 Å². The van der Waals surface area contributed by atoms with Gasteiger partial charge in [0.25, 0.3) is 0 Å². The third-order valence-corrected chi connectivity index (χ3v) is 3.54. The molecule has 0 aliphatic rings. The molecule has 1 unspecified atom stereocenters. The van der Waals surface area contributed by atoms with E-state index in [2.05, 4.69) is 5.32 Å². The van der Waals surface area contributed by atoms with Crippen LogP contribution in [-0.2, 0) is 20.8 Å². The van der Waals surface area contributed by atoms with Crippen LogP contribution in [0.5, 0.6) is 0 Å². The average Bonchev–Trinajstić information content (AvgIpc) is 2.53. The number of nitrogens with two attached hydrogens (primary N) is 2. The van der Waals surface area contributed by atoms with Crippen LogP contribution < -0.4 is 16.8 Å². The number of amides is 2. The molecule has 1 aromatic carbocycles. The van der Waals surface area contributed by atoms with Gasteiger partial charge in [0.15, 0.2) is 5.78 Å². The highest BCUT2D eigenvalue weighted by molar-refractivity contribution is 5.92. The van der Waals surface area contributed by atoms with E-state index in [0.29, 0.717) is 6.42 Å². The molecule has 0 aliphatic carbocycles. The number of hydrogen-bond acceptors (Lipinski definition) is 5. The Morgan fingerprint density at radius 2 is 1.83 bits per heavy atom. The van der Waals surface area contributed by atoms with Crippen LogP contribution in [0.4, 0.5) is 0 Å². The van der Waals surface area contributed by atoms with Crippen molar-refractivity contribution in [1.29, 1.82) is 0 Å². The molecule has 0 saturated heterocycles. The van der Waals surface area contributed by atoms with E-state index in [1.54, 1.807) is 0 Å². The average molecular weight is 321 g/mol. The Labute approximate surface area is 135 Å². The molecular weight excluding hydrogens is 298 g/mol. The maximum atomic E-state index is 12.3. The van der Waals surface area contributed by atoms with Crippen molar-refractivity contribution in [2.75, 3.05) is 6.61 Å². The fourth-order valence-corrected chi connectivity index (χ4v) is 2.05. The number of rotatable bonds is 9. The van der Waals surface area contributed by atoms with Crippen LogP contribution in [0.15, 0.2) is 30.3 Å². The first-order chi connectivity index (χ1) is 10.8. The second kappa shape index (κ2) is 9.02. The van der Waals surface area contributed by atoms with Crippen molar-refractivity contribution in [2.45, 2.75) is 31.8 Å². The van der Waals surface area contributed by atoms with E-state index in [4.69, 9.17) is 16.6 Å². The summed E-state index contributed by atoms with van der Waals surface area (Å²) in [7, 11) is 0. The Kier molecular flexibility index (Phi) is 7.37. The van der Waals surface area contributed by atoms with Crippen LogP contribution in [0, 0.1) is 5.92 Å². The first-order valence-electron chi connectivity index (χ1n) is 7.38. The molecule has 0 radical (unpaired) electrons. The molecule has 7 nitrogen and oxygen atoms in total. The minimum absolute atomic E-state index is 0.117. The number of aliphatic hydroxyl groups is 1. The standard InChI is InChI=1S/C16H23N3O4/c1-10(15(18)22)19-16(23)12(8-14(21)13(17)9-20)7-11-5-3-2-4-6-11/h2-6,10,12-13,20H,7-9,17H2,1H3,(H2,18,22)(H,19,23)/t10-,12+,13?/m0/s1. The monoisotopic (exact) mass is 321 g/mol. The van der Waals surface area contributed by atoms with Crippen LogP contribution in [0.1, 0.15) is 18.9 Å². The molecular formula is C16H23N3O4. The summed E-state index contributed by atoms with van der Waals surface area (Å²) >= 11 is 0. The zero-order valence-electron chi connectivity index (χ0n) is 13.1. The van der Waals surface area contributed by atoms with Crippen molar-refractivity contribution in [2.24, 2.45) is 17.4 Å². The Balaban J connectivity index is 2.84. The summed E-state index contributed by atoms with van der Waals surface area (Å²) in [6.45, 7) is 0.997. The van der Waals surface area contributed by atoms with Gasteiger partial charge >= 0.3 is 0 Å². The second-order valence-electron chi connectivity index (χ2n) is 5.48. The SMILES string of the molecule is C[C@H](NC(=O)[C@@H](CC(=O)C(N)CO)Cc1ccccc1)C(N)=O. The Morgan fingerprint density at radius 1 is 1.22 bits per heavy atom. The van der Waals surface area contributed by atoms with E-state index in [-0.39, 0.29) is 6.42 Å². The maximum Gasteiger partial charge on any atom is 0.239 e. The van der Waals surface area contributed by atoms with Gasteiger partial charge in [-0.05, 0) is 18.9 Å². The molecule has 23 heavy (non-hydrogen) atoms. The van der Waals surface area contributed by atoms with E-state index >= 15 is 0 Å². The van der Waals surface area contributed by atoms with Gasteiger partial charge in [0.05, 0.1) is 12.6 Å². The molecule has 2 amide bonds. The molecule has 3 atom stereocenters. The minimum Gasteiger partial charge on any atom is -0.394 e. The lowest BCUT2D eigenvalue weighted by Gasteiger charge is -2.19. The summed E-state index contributed by atoms with van der Waals surface area (Å²) < 4.78 is 0. The summed E-state index contributed by atoms with van der Waals surface area (Å²) in [6.07, 6.45) is 0.204. The minimum atomic E-state index is -1.02. The number of Topliss-reactive ketones (excluding diaryl/α,β-unsaturated/α-hetero) is 1. The van der Waals surface area contributed by atoms with Crippen LogP contribution in [0.25, 0.3) is 0 Å². The third kappa shape index (κ3) is 6.17. The molecule has 0 aliphatic heterocycles. The number of nitrogens with one attached hydrogen (secondary N) is 1. The molecule has 0 heterocycles. The number of aliphatic hydroxyl groups excluding tert-OH is 1. The fourth-order valence-electron chi connectivity index (χ4n) is 2.05. The predicted molar refractivity (Wildman–Crippen MR) is 85.1 cm³/mol. The van der Waals surface area contributed by atoms with Crippen LogP contribution in [-0.4, -0.2) is 41.4 Å². The van der Waals surface area contributed by atoms with Gasteiger partial charge < -0.3 is 21.9 Å². The molecule has 6 N–H and O–H groups in total. The largest absolute Gasteiger partial charge is 0.394 e. The lowest BCUT2D eigenvalue weighted by Crippen LogP contribution is -2.46. The fraction of sp³-hybridized carbons (Fsp3) is 0.438. The molecule has 0 saturated carbocycles. The number of primary amides is 1. The highest BCUT2D eigenvalue weighted by Crippen LogP contribution is 2.14. The Hall–Kier alpha value is -2.25. The van der Waals surface area contributed by atoms with Gasteiger partial charge in [-0.25, -0.2) is 0 Å². The first-order valence-corrected chi connectivity index (χ1v) is 7.38. The summed E-state index contributed by atoms with van der Waals surface area (Å²) in [4.78, 5) is 35.4. The van der Waals surface area contributed by atoms with Crippen LogP contribution >= 0.6 is 0 Å². The number of carbonyl (C=O) groups excluding carboxylic acids is 3. The lowest BCUT2D eigenvalue weighted by atomic mass is 9.91. The van der Waals surface area contributed by atoms with Gasteiger partial charge in [-0.3, -0.25) is 14.4 Å². The maximum absolute atomic E-state index is 12.3. The van der Waals surface area contributed by atoms with E-state index in [1.807, 2.05) is 30.3 Å². The van der Waals surface area contributed by atoms with Crippen molar-refractivity contribution in [3.05, 3.63) is 35.9 Å². The number of ketones is 1. The lowest BCUT2D eigenvalue weighted by molar-refractivity contribution is -0.132. The van der Waals surface area contributed by atoms with Gasteiger partial charge in [0.2, 0.25) is 11.8 Å². The summed E-state index contributed by atoms with van der Waals surface area (Å²) in [5.41, 5.74) is 11.5. The van der Waals surface area contributed by atoms with Gasteiger partial charge in [0.1, 0.15) is 6.04 Å². The van der Waals surface area contributed by atoms with E-state index in [1.165, 1.54) is 6.92 Å². The van der Waals surface area contributed by atoms with E-state index < -0.39 is 42.2 Å². The zero-order valence-corrected chi connectivity index (χ0v) is 13.1. The quantitative estimate of drug-likeness (QED) is 0.468. The molecule has 7 heteroatoms. The Morgan fingerprint density at radius 3 is 2.35 bits per heavy atom. The molecule has 1 rings (SSSR count). The zero-order chi connectivity index (χ0) is 17.4. The van der Waals surface area contributed by atoms with Crippen molar-refractivity contribution in [3.8, 4) is 0 Å². The number of carbonyl (C=O) groups is 3. The highest BCUT2D eigenvalue weighted by atomic mass is 16.3. The van der Waals surface area contributed by atoms with Crippen molar-refractivity contribution in [1.82, 2.24) is 5.32 Å². The second-order valence-corrected chi connectivity index (χ2v) is 5.48. The molecule has 0 spiro atoms. The van der Waals surface area contributed by atoms with Gasteiger partial charge in [0, 0.05) is 12.3 Å². The summed E-state index contributed by atoms with van der Waals surface area (Å²) in [6, 6.07) is 7.34. The molecule has 0 bridgehead atoms. The smallest absolute Gasteiger partial charge is 0.239 e. The number of hydrogen-bond donors (Lipinski definition) is 4. The highest BCUT2D eigenvalue weighted by Gasteiger charge is 2.26. The summed E-state index contributed by atoms with van der Waals surface area (Å²) in [5.74, 6) is -2.20.